The molecule has 0 aromatic rings. The van der Waals surface area contributed by atoms with Gasteiger partial charge in [-0.3, -0.25) is 0 Å². The van der Waals surface area contributed by atoms with Gasteiger partial charge in [-0.25, -0.2) is 0 Å². The van der Waals surface area contributed by atoms with Gasteiger partial charge in [-0.2, -0.15) is 0 Å². The van der Waals surface area contributed by atoms with Gasteiger partial charge in [-0.1, -0.05) is 0 Å². The normalized spacial score (nSPS) is 48.5. The highest BCUT2D eigenvalue weighted by molar-refractivity contribution is 4.94. The summed E-state index contributed by atoms with van der Waals surface area (Å²) in [7, 11) is 2.62. The van der Waals surface area contributed by atoms with Crippen molar-refractivity contribution in [2.45, 2.75) is 61.4 Å². The highest BCUT2D eigenvalue weighted by Gasteiger charge is 2.51. The van der Waals surface area contributed by atoms with Gasteiger partial charge >= 0.3 is 0 Å². The van der Waals surface area contributed by atoms with Gasteiger partial charge in [0.25, 0.3) is 0 Å². The van der Waals surface area contributed by atoms with Crippen LogP contribution in [0.2, 0.25) is 0 Å². The number of aliphatic hydroxyl groups excluding tert-OH is 6. The summed E-state index contributed by atoms with van der Waals surface area (Å²) < 4.78 is 26.6. The molecule has 0 amide bonds. The van der Waals surface area contributed by atoms with Gasteiger partial charge in [0.05, 0.1) is 13.2 Å². The van der Waals surface area contributed by atoms with E-state index in [0.29, 0.717) is 0 Å². The minimum Gasteiger partial charge on any atom is -0.394 e. The predicted molar refractivity (Wildman–Crippen MR) is 78.2 cm³/mol. The Morgan fingerprint density at radius 1 is 0.680 bits per heavy atom. The Balaban J connectivity index is 2.17. The molecule has 10 atom stereocenters. The number of hydrogen-bond acceptors (Lipinski definition) is 11. The lowest BCUT2D eigenvalue weighted by Gasteiger charge is -2.46. The van der Waals surface area contributed by atoms with Crippen LogP contribution in [0.4, 0.5) is 0 Å². The molecule has 2 fully saturated rings. The second-order valence-corrected chi connectivity index (χ2v) is 5.95. The highest BCUT2D eigenvalue weighted by atomic mass is 16.8. The first-order valence-electron chi connectivity index (χ1n) is 7.85. The van der Waals surface area contributed by atoms with Crippen molar-refractivity contribution in [1.82, 2.24) is 0 Å². The van der Waals surface area contributed by atoms with Crippen molar-refractivity contribution in [2.24, 2.45) is 0 Å². The highest BCUT2D eigenvalue weighted by Crippen LogP contribution is 2.30. The lowest BCUT2D eigenvalue weighted by Crippen LogP contribution is -2.64. The van der Waals surface area contributed by atoms with Crippen molar-refractivity contribution in [3.8, 4) is 0 Å². The smallest absolute Gasteiger partial charge is 0.187 e. The lowest BCUT2D eigenvalue weighted by molar-refractivity contribution is -0.366. The Hall–Kier alpha value is -0.440. The second-order valence-electron chi connectivity index (χ2n) is 5.95. The van der Waals surface area contributed by atoms with Crippen molar-refractivity contribution < 1.29 is 54.3 Å². The summed E-state index contributed by atoms with van der Waals surface area (Å²) in [5.41, 5.74) is 0. The molecule has 0 saturated carbocycles. The Labute approximate surface area is 144 Å². The molecular weight excluding hydrogens is 344 g/mol. The quantitative estimate of drug-likeness (QED) is 0.269. The van der Waals surface area contributed by atoms with Gasteiger partial charge in [0, 0.05) is 14.2 Å². The second kappa shape index (κ2) is 8.97. The van der Waals surface area contributed by atoms with E-state index >= 15 is 0 Å². The number of rotatable bonds is 6. The minimum atomic E-state index is -1.62. The van der Waals surface area contributed by atoms with Crippen LogP contribution in [-0.2, 0) is 23.7 Å². The fourth-order valence-corrected chi connectivity index (χ4v) is 2.98. The Morgan fingerprint density at radius 2 is 1.24 bits per heavy atom. The largest absolute Gasteiger partial charge is 0.394 e. The van der Waals surface area contributed by atoms with Crippen LogP contribution in [0.1, 0.15) is 0 Å². The zero-order valence-electron chi connectivity index (χ0n) is 13.9. The minimum absolute atomic E-state index is 0.479. The number of methoxy groups -OCH3 is 2. The average Bonchev–Trinajstić information content (AvgIpc) is 2.62. The zero-order valence-corrected chi connectivity index (χ0v) is 13.9. The molecule has 2 rings (SSSR count). The lowest BCUT2D eigenvalue weighted by atomic mass is 9.97. The van der Waals surface area contributed by atoms with Crippen LogP contribution >= 0.6 is 0 Å². The van der Waals surface area contributed by atoms with Crippen LogP contribution in [0.15, 0.2) is 0 Å². The van der Waals surface area contributed by atoms with Crippen LogP contribution in [0.5, 0.6) is 0 Å². The molecule has 2 aliphatic rings. The standard InChI is InChI=1S/C14H26O11/c1-21-11-8(18)6(4-16)24-14(22-2)12(11)25-13-10(20)9(19)7(17)5(3-15)23-13/h5-20H,3-4H2,1-2H3/t5-,6-,7-,8-,9+,10+,11+,12+,13+,14-/m1/s1. The molecule has 11 heteroatoms. The molecule has 0 spiro atoms. The maximum Gasteiger partial charge on any atom is 0.187 e. The Kier molecular flexibility index (Phi) is 7.49. The number of hydrogen-bond donors (Lipinski definition) is 6. The van der Waals surface area contributed by atoms with Crippen LogP contribution in [0, 0.1) is 0 Å². The van der Waals surface area contributed by atoms with Gasteiger partial charge in [0.15, 0.2) is 12.6 Å². The number of ether oxygens (including phenoxy) is 5. The molecule has 25 heavy (non-hydrogen) atoms. The van der Waals surface area contributed by atoms with Crippen LogP contribution in [0.25, 0.3) is 0 Å². The summed E-state index contributed by atoms with van der Waals surface area (Å²) in [4.78, 5) is 0. The third kappa shape index (κ3) is 4.12. The maximum atomic E-state index is 10.2. The topological polar surface area (TPSA) is 168 Å². The van der Waals surface area contributed by atoms with Gasteiger partial charge in [-0.05, 0) is 0 Å². The van der Waals surface area contributed by atoms with E-state index in [0.717, 1.165) is 0 Å². The van der Waals surface area contributed by atoms with E-state index in [9.17, 15) is 30.6 Å². The van der Waals surface area contributed by atoms with Crippen molar-refractivity contribution in [3.05, 3.63) is 0 Å². The number of aliphatic hydroxyl groups is 6. The van der Waals surface area contributed by atoms with Crippen molar-refractivity contribution in [3.63, 3.8) is 0 Å². The summed E-state index contributed by atoms with van der Waals surface area (Å²) >= 11 is 0. The summed E-state index contributed by atoms with van der Waals surface area (Å²) in [6.07, 6.45) is -12.7. The molecule has 0 unspecified atom stereocenters. The first-order valence-corrected chi connectivity index (χ1v) is 7.85. The molecular formula is C14H26O11. The van der Waals surface area contributed by atoms with Crippen molar-refractivity contribution in [2.75, 3.05) is 27.4 Å². The van der Waals surface area contributed by atoms with Gasteiger partial charge < -0.3 is 54.3 Å². The van der Waals surface area contributed by atoms with Gasteiger partial charge in [0.2, 0.25) is 0 Å². The molecule has 0 bridgehead atoms. The first-order chi connectivity index (χ1) is 11.9. The molecule has 0 radical (unpaired) electrons. The van der Waals surface area contributed by atoms with E-state index in [1.54, 1.807) is 0 Å². The van der Waals surface area contributed by atoms with Crippen molar-refractivity contribution in [1.29, 1.82) is 0 Å². The summed E-state index contributed by atoms with van der Waals surface area (Å²) in [6, 6.07) is 0. The summed E-state index contributed by atoms with van der Waals surface area (Å²) in [6.45, 7) is -1.09. The SMILES string of the molecule is CO[C@@H]1O[C@H](CO)[C@@H](O)[C@H](OC)[C@@H]1O[C@@H]1O[C@H](CO)[C@@H](O)[C@H](O)[C@@H]1O. The van der Waals surface area contributed by atoms with E-state index in [4.69, 9.17) is 23.7 Å². The molecule has 0 aromatic heterocycles. The van der Waals surface area contributed by atoms with E-state index in [2.05, 4.69) is 0 Å². The summed E-state index contributed by atoms with van der Waals surface area (Å²) in [5, 5.41) is 58.4. The fraction of sp³-hybridized carbons (Fsp3) is 1.00. The first kappa shape index (κ1) is 20.9. The maximum absolute atomic E-state index is 10.2. The van der Waals surface area contributed by atoms with Gasteiger partial charge in [0.1, 0.15) is 48.8 Å². The Bertz CT molecular complexity index is 408. The summed E-state index contributed by atoms with van der Waals surface area (Å²) in [5.74, 6) is 0. The molecule has 0 aromatic carbocycles. The van der Waals surface area contributed by atoms with E-state index in [-0.39, 0.29) is 0 Å². The third-order valence-electron chi connectivity index (χ3n) is 4.44. The third-order valence-corrected chi connectivity index (χ3v) is 4.44. The molecule has 148 valence electrons. The Morgan fingerprint density at radius 3 is 1.76 bits per heavy atom. The molecule has 0 aliphatic carbocycles. The fourth-order valence-electron chi connectivity index (χ4n) is 2.98. The van der Waals surface area contributed by atoms with Crippen LogP contribution in [-0.4, -0.2) is 119 Å². The molecule has 2 heterocycles. The molecule has 2 aliphatic heterocycles. The van der Waals surface area contributed by atoms with E-state index in [1.807, 2.05) is 0 Å². The monoisotopic (exact) mass is 370 g/mol. The predicted octanol–water partition coefficient (Wildman–Crippen LogP) is -4.09. The zero-order chi connectivity index (χ0) is 18.7. The van der Waals surface area contributed by atoms with Crippen LogP contribution < -0.4 is 0 Å². The van der Waals surface area contributed by atoms with E-state index < -0.39 is 74.6 Å². The molecule has 11 nitrogen and oxygen atoms in total. The van der Waals surface area contributed by atoms with Gasteiger partial charge in [-0.15, -0.1) is 0 Å². The molecule has 6 N–H and O–H groups in total. The average molecular weight is 370 g/mol. The van der Waals surface area contributed by atoms with E-state index in [1.165, 1.54) is 14.2 Å². The molecule has 2 saturated heterocycles. The van der Waals surface area contributed by atoms with Crippen molar-refractivity contribution >= 4 is 0 Å². The van der Waals surface area contributed by atoms with Crippen LogP contribution in [0.3, 0.4) is 0 Å².